The van der Waals surface area contributed by atoms with Crippen LogP contribution in [-0.2, 0) is 10.0 Å². The van der Waals surface area contributed by atoms with E-state index in [2.05, 4.69) is 15.0 Å². The van der Waals surface area contributed by atoms with Gasteiger partial charge >= 0.3 is 0 Å². The van der Waals surface area contributed by atoms with Crippen LogP contribution in [0.3, 0.4) is 0 Å². The number of benzene rings is 1. The number of nitrogens with zero attached hydrogens (tertiary/aromatic N) is 2. The van der Waals surface area contributed by atoms with Crippen molar-refractivity contribution in [3.8, 4) is 0 Å². The number of hydrogen-bond acceptors (Lipinski definition) is 5. The van der Waals surface area contributed by atoms with E-state index in [-0.39, 0.29) is 23.9 Å². The zero-order valence-corrected chi connectivity index (χ0v) is 14.4. The van der Waals surface area contributed by atoms with Crippen LogP contribution in [0.15, 0.2) is 53.6 Å². The molecule has 1 aromatic heterocycles. The predicted molar refractivity (Wildman–Crippen MR) is 92.5 cm³/mol. The summed E-state index contributed by atoms with van der Waals surface area (Å²) in [5, 5.41) is 2.65. The highest BCUT2D eigenvalue weighted by Crippen LogP contribution is 2.08. The van der Waals surface area contributed by atoms with Crippen molar-refractivity contribution in [1.29, 1.82) is 0 Å². The zero-order valence-electron chi connectivity index (χ0n) is 13.6. The lowest BCUT2D eigenvalue weighted by molar-refractivity contribution is 0.0954. The minimum atomic E-state index is -3.56. The molecule has 1 amide bonds. The van der Waals surface area contributed by atoms with Crippen LogP contribution in [-0.4, -0.2) is 46.5 Å². The number of sulfonamides is 1. The average molecular weight is 348 g/mol. The smallest absolute Gasteiger partial charge is 0.252 e. The predicted octanol–water partition coefficient (Wildman–Crippen LogP) is 0.856. The van der Waals surface area contributed by atoms with Gasteiger partial charge in [-0.25, -0.2) is 18.1 Å². The Bertz CT molecular complexity index is 775. The minimum Gasteiger partial charge on any atom is -0.363 e. The number of pyridine rings is 1. The third kappa shape index (κ3) is 4.77. The van der Waals surface area contributed by atoms with E-state index in [0.717, 1.165) is 5.82 Å². The number of anilines is 1. The van der Waals surface area contributed by atoms with Gasteiger partial charge in [-0.2, -0.15) is 0 Å². The van der Waals surface area contributed by atoms with Gasteiger partial charge in [0.05, 0.1) is 10.5 Å². The lowest BCUT2D eigenvalue weighted by Crippen LogP contribution is -2.34. The van der Waals surface area contributed by atoms with E-state index in [1.807, 2.05) is 19.0 Å². The Hall–Kier alpha value is -2.45. The molecule has 1 heterocycles. The molecule has 128 valence electrons. The second-order valence-electron chi connectivity index (χ2n) is 5.27. The van der Waals surface area contributed by atoms with Crippen LogP contribution in [0.2, 0.25) is 0 Å². The summed E-state index contributed by atoms with van der Waals surface area (Å²) in [7, 11) is 0.167. The molecule has 0 saturated heterocycles. The first-order valence-electron chi connectivity index (χ1n) is 7.36. The number of aromatic nitrogens is 1. The number of carbonyl (C=O) groups excluding carboxylic acids is 1. The molecule has 7 nitrogen and oxygen atoms in total. The van der Waals surface area contributed by atoms with Gasteiger partial charge in [-0.1, -0.05) is 18.2 Å². The van der Waals surface area contributed by atoms with Gasteiger partial charge in [-0.3, -0.25) is 4.79 Å². The number of carbonyl (C=O) groups is 1. The normalized spacial score (nSPS) is 11.1. The molecule has 0 aliphatic rings. The van der Waals surface area contributed by atoms with Crippen LogP contribution in [0.4, 0.5) is 5.82 Å². The summed E-state index contributed by atoms with van der Waals surface area (Å²) in [5.41, 5.74) is 0.423. The molecule has 0 bridgehead atoms. The lowest BCUT2D eigenvalue weighted by Gasteiger charge is -2.11. The fraction of sp³-hybridized carbons (Fsp3) is 0.250. The maximum atomic E-state index is 12.0. The third-order valence-corrected chi connectivity index (χ3v) is 4.70. The van der Waals surface area contributed by atoms with Crippen molar-refractivity contribution in [2.75, 3.05) is 32.1 Å². The Morgan fingerprint density at radius 2 is 1.79 bits per heavy atom. The highest BCUT2D eigenvalue weighted by atomic mass is 32.2. The molecule has 24 heavy (non-hydrogen) atoms. The molecule has 2 N–H and O–H groups in total. The lowest BCUT2D eigenvalue weighted by atomic mass is 10.2. The van der Waals surface area contributed by atoms with Crippen LogP contribution < -0.4 is 14.9 Å². The summed E-state index contributed by atoms with van der Waals surface area (Å²) in [4.78, 5) is 18.2. The molecule has 0 unspecified atom stereocenters. The molecule has 1 aromatic carbocycles. The van der Waals surface area contributed by atoms with Crippen molar-refractivity contribution < 1.29 is 13.2 Å². The summed E-state index contributed by atoms with van der Waals surface area (Å²) in [5.74, 6) is 0.453. The van der Waals surface area contributed by atoms with Crippen molar-refractivity contribution >= 4 is 21.7 Å². The number of amides is 1. The van der Waals surface area contributed by atoms with Gasteiger partial charge in [-0.05, 0) is 24.3 Å². The van der Waals surface area contributed by atoms with Crippen molar-refractivity contribution in [2.45, 2.75) is 4.90 Å². The van der Waals surface area contributed by atoms with E-state index < -0.39 is 10.0 Å². The van der Waals surface area contributed by atoms with E-state index in [9.17, 15) is 13.2 Å². The Balaban J connectivity index is 1.82. The molecule has 0 spiro atoms. The molecule has 0 atom stereocenters. The summed E-state index contributed by atoms with van der Waals surface area (Å²) in [6.07, 6.45) is 1.48. The third-order valence-electron chi connectivity index (χ3n) is 3.22. The molecule has 0 saturated carbocycles. The van der Waals surface area contributed by atoms with Crippen LogP contribution >= 0.6 is 0 Å². The second kappa shape index (κ2) is 7.89. The summed E-state index contributed by atoms with van der Waals surface area (Å²) < 4.78 is 26.5. The van der Waals surface area contributed by atoms with Gasteiger partial charge in [-0.15, -0.1) is 0 Å². The molecule has 0 fully saturated rings. The molecule has 2 aromatic rings. The molecular weight excluding hydrogens is 328 g/mol. The average Bonchev–Trinajstić information content (AvgIpc) is 2.59. The Labute approximate surface area is 141 Å². The summed E-state index contributed by atoms with van der Waals surface area (Å²) in [6, 6.07) is 11.5. The second-order valence-corrected chi connectivity index (χ2v) is 7.03. The van der Waals surface area contributed by atoms with Crippen molar-refractivity contribution in [2.24, 2.45) is 0 Å². The molecule has 0 aliphatic heterocycles. The summed E-state index contributed by atoms with van der Waals surface area (Å²) in [6.45, 7) is 0.284. The van der Waals surface area contributed by atoms with Gasteiger partial charge in [0.2, 0.25) is 10.0 Å². The standard InChI is InChI=1S/C16H20N4O3S/c1-20(2)15-9-8-13(12-18-15)16(21)17-10-11-19-24(22,23)14-6-4-3-5-7-14/h3-9,12,19H,10-11H2,1-2H3,(H,17,21). The Morgan fingerprint density at radius 1 is 1.08 bits per heavy atom. The molecule has 8 heteroatoms. The van der Waals surface area contributed by atoms with Gasteiger partial charge < -0.3 is 10.2 Å². The molecule has 0 radical (unpaired) electrons. The first kappa shape index (κ1) is 17.9. The fourth-order valence-corrected chi connectivity index (χ4v) is 2.98. The van der Waals surface area contributed by atoms with Crippen molar-refractivity contribution in [1.82, 2.24) is 15.0 Å². The monoisotopic (exact) mass is 348 g/mol. The van der Waals surface area contributed by atoms with Crippen LogP contribution in [0.5, 0.6) is 0 Å². The first-order valence-corrected chi connectivity index (χ1v) is 8.85. The van der Waals surface area contributed by atoms with Gasteiger partial charge in [0.25, 0.3) is 5.91 Å². The molecule has 0 aliphatic carbocycles. The number of hydrogen-bond donors (Lipinski definition) is 2. The summed E-state index contributed by atoms with van der Waals surface area (Å²) >= 11 is 0. The quantitative estimate of drug-likeness (QED) is 0.724. The van der Waals surface area contributed by atoms with Gasteiger partial charge in [0.1, 0.15) is 5.82 Å². The van der Waals surface area contributed by atoms with Crippen LogP contribution in [0.25, 0.3) is 0 Å². The van der Waals surface area contributed by atoms with Crippen LogP contribution in [0.1, 0.15) is 10.4 Å². The number of rotatable bonds is 7. The first-order chi connectivity index (χ1) is 11.4. The van der Waals surface area contributed by atoms with Crippen molar-refractivity contribution in [3.05, 3.63) is 54.2 Å². The van der Waals surface area contributed by atoms with E-state index in [4.69, 9.17) is 0 Å². The Morgan fingerprint density at radius 3 is 2.38 bits per heavy atom. The topological polar surface area (TPSA) is 91.4 Å². The van der Waals surface area contributed by atoms with Crippen molar-refractivity contribution in [3.63, 3.8) is 0 Å². The van der Waals surface area contributed by atoms with E-state index in [1.54, 1.807) is 30.3 Å². The fourth-order valence-electron chi connectivity index (χ4n) is 1.93. The molecular formula is C16H20N4O3S. The molecule has 2 rings (SSSR count). The van der Waals surface area contributed by atoms with Gasteiger partial charge in [0, 0.05) is 33.4 Å². The van der Waals surface area contributed by atoms with E-state index >= 15 is 0 Å². The number of nitrogens with one attached hydrogen (secondary N) is 2. The maximum absolute atomic E-state index is 12.0. The van der Waals surface area contributed by atoms with Gasteiger partial charge in [0.15, 0.2) is 0 Å². The SMILES string of the molecule is CN(C)c1ccc(C(=O)NCCNS(=O)(=O)c2ccccc2)cn1. The highest BCUT2D eigenvalue weighted by molar-refractivity contribution is 7.89. The Kier molecular flexibility index (Phi) is 5.88. The van der Waals surface area contributed by atoms with Crippen LogP contribution in [0, 0.1) is 0 Å². The van der Waals surface area contributed by atoms with E-state index in [1.165, 1.54) is 18.3 Å². The zero-order chi connectivity index (χ0) is 17.6. The van der Waals surface area contributed by atoms with E-state index in [0.29, 0.717) is 5.56 Å². The highest BCUT2D eigenvalue weighted by Gasteiger charge is 2.12. The largest absolute Gasteiger partial charge is 0.363 e. The maximum Gasteiger partial charge on any atom is 0.252 e. The minimum absolute atomic E-state index is 0.103.